The van der Waals surface area contributed by atoms with Crippen LogP contribution in [-0.2, 0) is 16.2 Å². The third-order valence-corrected chi connectivity index (χ3v) is 5.97. The molecule has 1 fully saturated rings. The first-order chi connectivity index (χ1) is 15.8. The summed E-state index contributed by atoms with van der Waals surface area (Å²) in [7, 11) is 0. The molecule has 3 aromatic rings. The van der Waals surface area contributed by atoms with Gasteiger partial charge in [-0.3, -0.25) is 15.0 Å². The van der Waals surface area contributed by atoms with E-state index in [1.807, 2.05) is 6.07 Å². The van der Waals surface area contributed by atoms with E-state index in [-0.39, 0.29) is 17.7 Å². The fourth-order valence-corrected chi connectivity index (χ4v) is 4.68. The Morgan fingerprint density at radius 2 is 1.70 bits per heavy atom. The number of benzene rings is 3. The zero-order valence-corrected chi connectivity index (χ0v) is 20.1. The first-order valence-electron chi connectivity index (χ1n) is 9.70. The Bertz CT molecular complexity index is 1270. The summed E-state index contributed by atoms with van der Waals surface area (Å²) < 4.78 is 7.07. The molecule has 4 rings (SSSR count). The van der Waals surface area contributed by atoms with Crippen molar-refractivity contribution >= 4 is 61.4 Å². The number of aromatic carboxylic acids is 1. The zero-order chi connectivity index (χ0) is 23.5. The minimum atomic E-state index is -1.01. The quantitative estimate of drug-likeness (QED) is 0.322. The number of ether oxygens (including phenoxy) is 1. The summed E-state index contributed by atoms with van der Waals surface area (Å²) in [5.41, 5.74) is 4.64. The molecule has 3 aromatic carbocycles. The number of carbonyl (C=O) groups excluding carboxylic acids is 2. The number of rotatable bonds is 6. The van der Waals surface area contributed by atoms with Crippen LogP contribution in [0, 0.1) is 0 Å². The van der Waals surface area contributed by atoms with E-state index in [1.54, 1.807) is 54.6 Å². The van der Waals surface area contributed by atoms with Crippen molar-refractivity contribution in [3.8, 4) is 5.75 Å². The molecule has 2 amide bonds. The summed E-state index contributed by atoms with van der Waals surface area (Å²) in [6, 6.07) is 18.8. The summed E-state index contributed by atoms with van der Waals surface area (Å²) in [6.07, 6.45) is 1.51. The molecular formula is C24H16Br2N2O5. The predicted molar refractivity (Wildman–Crippen MR) is 130 cm³/mol. The fourth-order valence-electron chi connectivity index (χ4n) is 3.23. The van der Waals surface area contributed by atoms with Crippen molar-refractivity contribution < 1.29 is 24.2 Å². The maximum absolute atomic E-state index is 12.8. The monoisotopic (exact) mass is 570 g/mol. The smallest absolute Gasteiger partial charge is 0.335 e. The fraction of sp³-hybridized carbons (Fsp3) is 0.0417. The van der Waals surface area contributed by atoms with Crippen LogP contribution in [0.1, 0.15) is 21.5 Å². The first-order valence-corrected chi connectivity index (χ1v) is 11.3. The van der Waals surface area contributed by atoms with Gasteiger partial charge >= 0.3 is 5.97 Å². The van der Waals surface area contributed by atoms with Gasteiger partial charge in [-0.25, -0.2) is 9.80 Å². The normalized spacial score (nSPS) is 14.5. The number of carboxylic acids is 1. The second kappa shape index (κ2) is 9.60. The van der Waals surface area contributed by atoms with Crippen LogP contribution in [0.3, 0.4) is 0 Å². The number of halogens is 2. The van der Waals surface area contributed by atoms with Crippen LogP contribution in [0.4, 0.5) is 5.69 Å². The van der Waals surface area contributed by atoms with Gasteiger partial charge in [0.05, 0.1) is 20.2 Å². The maximum atomic E-state index is 12.8. The van der Waals surface area contributed by atoms with Crippen LogP contribution in [-0.4, -0.2) is 22.9 Å². The van der Waals surface area contributed by atoms with Crippen LogP contribution in [0.2, 0.25) is 0 Å². The molecule has 1 heterocycles. The number of para-hydroxylation sites is 1. The third-order valence-electron chi connectivity index (χ3n) is 4.79. The molecule has 33 heavy (non-hydrogen) atoms. The molecule has 0 atom stereocenters. The molecule has 1 aliphatic rings. The number of nitrogens with zero attached hydrogens (tertiary/aromatic N) is 1. The highest BCUT2D eigenvalue weighted by molar-refractivity contribution is 9.11. The Morgan fingerprint density at radius 1 is 1.00 bits per heavy atom. The van der Waals surface area contributed by atoms with Crippen LogP contribution >= 0.6 is 31.9 Å². The molecule has 0 spiro atoms. The third kappa shape index (κ3) is 4.99. The summed E-state index contributed by atoms with van der Waals surface area (Å²) in [4.78, 5) is 36.3. The van der Waals surface area contributed by atoms with Crippen LogP contribution in [0.15, 0.2) is 81.2 Å². The highest BCUT2D eigenvalue weighted by Gasteiger charge is 2.34. The number of amides is 2. The Labute approximate surface area is 205 Å². The summed E-state index contributed by atoms with van der Waals surface area (Å²) >= 11 is 6.93. The minimum Gasteiger partial charge on any atom is -0.487 e. The average Bonchev–Trinajstić information content (AvgIpc) is 3.07. The van der Waals surface area contributed by atoms with E-state index in [0.717, 1.165) is 0 Å². The molecule has 1 aliphatic heterocycles. The molecule has 0 bridgehead atoms. The highest BCUT2D eigenvalue weighted by atomic mass is 79.9. The number of carbonyl (C=O) groups is 3. The van der Waals surface area contributed by atoms with Crippen molar-refractivity contribution in [2.24, 2.45) is 0 Å². The molecule has 2 N–H and O–H groups in total. The van der Waals surface area contributed by atoms with E-state index in [9.17, 15) is 14.4 Å². The van der Waals surface area contributed by atoms with E-state index >= 15 is 0 Å². The van der Waals surface area contributed by atoms with Crippen molar-refractivity contribution in [1.29, 1.82) is 0 Å². The van der Waals surface area contributed by atoms with E-state index in [4.69, 9.17) is 9.84 Å². The van der Waals surface area contributed by atoms with Gasteiger partial charge in [-0.1, -0.05) is 30.3 Å². The SMILES string of the molecule is O=C1NN(c2ccccc2)C(=O)/C1=C\c1cc(Br)c(OCc2cccc(C(=O)O)c2)c(Br)c1. The van der Waals surface area contributed by atoms with Crippen molar-refractivity contribution in [2.75, 3.05) is 5.01 Å². The van der Waals surface area contributed by atoms with E-state index in [2.05, 4.69) is 37.3 Å². The van der Waals surface area contributed by atoms with Gasteiger partial charge in [-0.05, 0) is 85.5 Å². The number of carboxylic acid groups (broad SMARTS) is 1. The van der Waals surface area contributed by atoms with Gasteiger partial charge in [0, 0.05) is 0 Å². The van der Waals surface area contributed by atoms with Gasteiger partial charge in [0.2, 0.25) is 0 Å². The van der Waals surface area contributed by atoms with Crippen LogP contribution in [0.5, 0.6) is 5.75 Å². The summed E-state index contributed by atoms with van der Waals surface area (Å²) in [6.45, 7) is 0.158. The number of hydrogen-bond acceptors (Lipinski definition) is 4. The van der Waals surface area contributed by atoms with Crippen LogP contribution in [0.25, 0.3) is 6.08 Å². The van der Waals surface area contributed by atoms with Crippen molar-refractivity contribution in [1.82, 2.24) is 5.43 Å². The molecule has 166 valence electrons. The molecule has 0 saturated carbocycles. The Kier molecular flexibility index (Phi) is 6.62. The van der Waals surface area contributed by atoms with E-state index < -0.39 is 17.8 Å². The lowest BCUT2D eigenvalue weighted by atomic mass is 10.1. The number of hydrogen-bond donors (Lipinski definition) is 2. The van der Waals surface area contributed by atoms with Gasteiger partial charge in [0.25, 0.3) is 11.8 Å². The van der Waals surface area contributed by atoms with Crippen LogP contribution < -0.4 is 15.2 Å². The molecule has 1 saturated heterocycles. The number of hydrazine groups is 1. The standard InChI is InChI=1S/C24H16Br2N2O5/c25-19-11-15(10-18-22(29)27-28(23(18)30)17-7-2-1-3-8-17)12-20(26)21(19)33-13-14-5-4-6-16(9-14)24(31)32/h1-12H,13H2,(H,27,29)(H,31,32)/b18-10-. The Balaban J connectivity index is 1.54. The molecule has 0 aliphatic carbocycles. The average molecular weight is 572 g/mol. The van der Waals surface area contributed by atoms with Gasteiger partial charge in [0.15, 0.2) is 0 Å². The minimum absolute atomic E-state index is 0.0109. The molecule has 9 heteroatoms. The van der Waals surface area contributed by atoms with Crippen molar-refractivity contribution in [3.63, 3.8) is 0 Å². The summed E-state index contributed by atoms with van der Waals surface area (Å²) in [5, 5.41) is 10.3. The molecule has 0 unspecified atom stereocenters. The Morgan fingerprint density at radius 3 is 2.36 bits per heavy atom. The largest absolute Gasteiger partial charge is 0.487 e. The maximum Gasteiger partial charge on any atom is 0.335 e. The van der Waals surface area contributed by atoms with E-state index in [1.165, 1.54) is 17.2 Å². The Hall–Kier alpha value is -3.43. The van der Waals surface area contributed by atoms with Gasteiger partial charge in [0.1, 0.15) is 17.9 Å². The topological polar surface area (TPSA) is 95.9 Å². The van der Waals surface area contributed by atoms with E-state index in [0.29, 0.717) is 31.5 Å². The van der Waals surface area contributed by atoms with Gasteiger partial charge < -0.3 is 9.84 Å². The highest BCUT2D eigenvalue weighted by Crippen LogP contribution is 2.36. The van der Waals surface area contributed by atoms with Gasteiger partial charge in [-0.15, -0.1) is 0 Å². The predicted octanol–water partition coefficient (Wildman–Crippen LogP) is 4.95. The van der Waals surface area contributed by atoms with Crippen molar-refractivity contribution in [3.05, 3.63) is 97.9 Å². The summed E-state index contributed by atoms with van der Waals surface area (Å²) in [5.74, 6) is -1.44. The number of anilines is 1. The second-order valence-electron chi connectivity index (χ2n) is 7.08. The molecule has 0 aromatic heterocycles. The second-order valence-corrected chi connectivity index (χ2v) is 8.79. The molecule has 7 nitrogen and oxygen atoms in total. The lowest BCUT2D eigenvalue weighted by Gasteiger charge is -2.14. The number of nitrogens with one attached hydrogen (secondary N) is 1. The van der Waals surface area contributed by atoms with Gasteiger partial charge in [-0.2, -0.15) is 0 Å². The lowest BCUT2D eigenvalue weighted by molar-refractivity contribution is -0.117. The lowest BCUT2D eigenvalue weighted by Crippen LogP contribution is -2.35. The first kappa shape index (κ1) is 22.8. The molecular weight excluding hydrogens is 556 g/mol. The van der Waals surface area contributed by atoms with Crippen molar-refractivity contribution in [2.45, 2.75) is 6.61 Å². The molecule has 0 radical (unpaired) electrons. The zero-order valence-electron chi connectivity index (χ0n) is 16.9.